The van der Waals surface area contributed by atoms with Gasteiger partial charge < -0.3 is 14.7 Å². The van der Waals surface area contributed by atoms with Crippen LogP contribution in [0, 0.1) is 12.8 Å². The number of benzene rings is 1. The molecule has 1 aromatic rings. The van der Waals surface area contributed by atoms with Gasteiger partial charge in [0.2, 0.25) is 0 Å². The van der Waals surface area contributed by atoms with Crippen molar-refractivity contribution < 1.29 is 14.6 Å². The Morgan fingerprint density at radius 1 is 1.43 bits per heavy atom. The Morgan fingerprint density at radius 2 is 2.13 bits per heavy atom. The summed E-state index contributed by atoms with van der Waals surface area (Å²) < 4.78 is 5.44. The molecule has 2 rings (SSSR count). The van der Waals surface area contributed by atoms with Gasteiger partial charge in [0, 0.05) is 24.0 Å². The Balaban J connectivity index is 2.08. The Morgan fingerprint density at radius 3 is 2.78 bits per heavy atom. The van der Waals surface area contributed by atoms with Crippen LogP contribution in [0.3, 0.4) is 0 Å². The third-order valence-electron chi connectivity index (χ3n) is 4.12. The van der Waals surface area contributed by atoms with Crippen molar-refractivity contribution in [1.82, 2.24) is 4.90 Å². The lowest BCUT2D eigenvalue weighted by atomic mass is 9.87. The first-order chi connectivity index (χ1) is 10.7. The molecule has 2 atom stereocenters. The van der Waals surface area contributed by atoms with E-state index in [-0.39, 0.29) is 12.0 Å². The zero-order chi connectivity index (χ0) is 17.2. The van der Waals surface area contributed by atoms with Crippen molar-refractivity contribution in [2.24, 2.45) is 5.92 Å². The van der Waals surface area contributed by atoms with E-state index in [1.807, 2.05) is 45.9 Å². The molecule has 2 unspecified atom stereocenters. The van der Waals surface area contributed by atoms with Gasteiger partial charge in [-0.25, -0.2) is 4.79 Å². The second-order valence-electron chi connectivity index (χ2n) is 7.27. The van der Waals surface area contributed by atoms with E-state index < -0.39 is 11.7 Å². The number of ether oxygens (including phenoxy) is 1. The molecule has 1 amide bonds. The van der Waals surface area contributed by atoms with Crippen molar-refractivity contribution in [1.29, 1.82) is 0 Å². The van der Waals surface area contributed by atoms with Gasteiger partial charge in [0.25, 0.3) is 0 Å². The lowest BCUT2D eigenvalue weighted by molar-refractivity contribution is 0.00231. The molecule has 1 aromatic carbocycles. The number of aliphatic hydroxyl groups is 1. The Labute approximate surface area is 143 Å². The number of likely N-dealkylation sites (tertiary alicyclic amines) is 1. The normalized spacial score (nSPS) is 20.3. The summed E-state index contributed by atoms with van der Waals surface area (Å²) in [5.74, 6) is -0.00608. The van der Waals surface area contributed by atoms with Gasteiger partial charge in [-0.1, -0.05) is 17.7 Å². The molecule has 0 aliphatic carbocycles. The fourth-order valence-electron chi connectivity index (χ4n) is 2.94. The molecule has 1 N–H and O–H groups in total. The summed E-state index contributed by atoms with van der Waals surface area (Å²) in [6, 6.07) is 5.55. The van der Waals surface area contributed by atoms with Gasteiger partial charge in [0.05, 0.1) is 6.10 Å². The molecule has 0 saturated carbocycles. The standard InChI is InChI=1S/C18H26ClNO3/c1-12-7-8-14(19)10-15(12)16(21)13-6-5-9-20(11-13)17(22)23-18(2,3)4/h7-8,10,13,16,21H,5-6,9,11H2,1-4H3. The summed E-state index contributed by atoms with van der Waals surface area (Å²) in [4.78, 5) is 13.9. The number of hydrogen-bond acceptors (Lipinski definition) is 3. The number of hydrogen-bond donors (Lipinski definition) is 1. The maximum atomic E-state index is 12.2. The molecule has 4 nitrogen and oxygen atoms in total. The predicted octanol–water partition coefficient (Wildman–Crippen LogP) is 4.33. The van der Waals surface area contributed by atoms with Gasteiger partial charge in [-0.2, -0.15) is 0 Å². The summed E-state index contributed by atoms with van der Waals surface area (Å²) >= 11 is 6.06. The molecule has 0 aromatic heterocycles. The third-order valence-corrected chi connectivity index (χ3v) is 4.35. The van der Waals surface area contributed by atoms with Crippen LogP contribution in [0.4, 0.5) is 4.79 Å². The average Bonchev–Trinajstić information content (AvgIpc) is 2.47. The van der Waals surface area contributed by atoms with Gasteiger partial charge >= 0.3 is 6.09 Å². The van der Waals surface area contributed by atoms with Crippen LogP contribution in [-0.4, -0.2) is 34.8 Å². The minimum Gasteiger partial charge on any atom is -0.444 e. The molecule has 0 spiro atoms. The lowest BCUT2D eigenvalue weighted by Crippen LogP contribution is -2.44. The Bertz CT molecular complexity index is 568. The first-order valence-corrected chi connectivity index (χ1v) is 8.47. The van der Waals surface area contributed by atoms with Crippen LogP contribution >= 0.6 is 11.6 Å². The van der Waals surface area contributed by atoms with Crippen LogP contribution in [0.5, 0.6) is 0 Å². The van der Waals surface area contributed by atoms with Gasteiger partial charge in [0.1, 0.15) is 5.60 Å². The van der Waals surface area contributed by atoms with Crippen molar-refractivity contribution in [2.75, 3.05) is 13.1 Å². The topological polar surface area (TPSA) is 49.8 Å². The number of piperidine rings is 1. The van der Waals surface area contributed by atoms with E-state index in [0.29, 0.717) is 18.1 Å². The minimum absolute atomic E-state index is 0.00608. The Hall–Kier alpha value is -1.26. The smallest absolute Gasteiger partial charge is 0.410 e. The van der Waals surface area contributed by atoms with E-state index in [9.17, 15) is 9.90 Å². The van der Waals surface area contributed by atoms with Crippen LogP contribution in [-0.2, 0) is 4.74 Å². The number of carbonyl (C=O) groups is 1. The van der Waals surface area contributed by atoms with E-state index in [1.165, 1.54) is 0 Å². The predicted molar refractivity (Wildman–Crippen MR) is 91.7 cm³/mol. The highest BCUT2D eigenvalue weighted by molar-refractivity contribution is 6.30. The molecular weight excluding hydrogens is 314 g/mol. The lowest BCUT2D eigenvalue weighted by Gasteiger charge is -2.36. The quantitative estimate of drug-likeness (QED) is 0.872. The fraction of sp³-hybridized carbons (Fsp3) is 0.611. The zero-order valence-corrected chi connectivity index (χ0v) is 15.1. The maximum absolute atomic E-state index is 12.2. The van der Waals surface area contributed by atoms with Crippen molar-refractivity contribution >= 4 is 17.7 Å². The molecular formula is C18H26ClNO3. The molecule has 1 saturated heterocycles. The number of rotatable bonds is 2. The van der Waals surface area contributed by atoms with Crippen LogP contribution < -0.4 is 0 Å². The average molecular weight is 340 g/mol. The molecule has 1 aliphatic heterocycles. The highest BCUT2D eigenvalue weighted by Gasteiger charge is 2.32. The van der Waals surface area contributed by atoms with Crippen LogP contribution in [0.1, 0.15) is 50.8 Å². The zero-order valence-electron chi connectivity index (χ0n) is 14.3. The van der Waals surface area contributed by atoms with E-state index in [4.69, 9.17) is 16.3 Å². The van der Waals surface area contributed by atoms with E-state index >= 15 is 0 Å². The highest BCUT2D eigenvalue weighted by atomic mass is 35.5. The molecule has 0 bridgehead atoms. The largest absolute Gasteiger partial charge is 0.444 e. The van der Waals surface area contributed by atoms with Crippen LogP contribution in [0.25, 0.3) is 0 Å². The second kappa shape index (κ2) is 7.10. The van der Waals surface area contributed by atoms with E-state index in [1.54, 1.807) is 4.90 Å². The number of nitrogens with zero attached hydrogens (tertiary/aromatic N) is 1. The van der Waals surface area contributed by atoms with E-state index in [0.717, 1.165) is 24.0 Å². The van der Waals surface area contributed by atoms with Gasteiger partial charge in [-0.3, -0.25) is 0 Å². The maximum Gasteiger partial charge on any atom is 0.410 e. The van der Waals surface area contributed by atoms with Crippen molar-refractivity contribution in [3.63, 3.8) is 0 Å². The third kappa shape index (κ3) is 4.85. The summed E-state index contributed by atoms with van der Waals surface area (Å²) in [6.07, 6.45) is 0.809. The first-order valence-electron chi connectivity index (χ1n) is 8.09. The van der Waals surface area contributed by atoms with Gasteiger partial charge in [0.15, 0.2) is 0 Å². The molecule has 23 heavy (non-hydrogen) atoms. The minimum atomic E-state index is -0.626. The SMILES string of the molecule is Cc1ccc(Cl)cc1C(O)C1CCCN(C(=O)OC(C)(C)C)C1. The summed E-state index contributed by atoms with van der Waals surface area (Å²) in [7, 11) is 0. The number of halogens is 1. The van der Waals surface area contributed by atoms with Crippen LogP contribution in [0.15, 0.2) is 18.2 Å². The first kappa shape index (κ1) is 18.1. The number of aryl methyl sites for hydroxylation is 1. The Kier molecular flexibility index (Phi) is 5.58. The second-order valence-corrected chi connectivity index (χ2v) is 7.71. The molecule has 128 valence electrons. The molecule has 5 heteroatoms. The summed E-state index contributed by atoms with van der Waals surface area (Å²) in [6.45, 7) is 8.71. The molecule has 0 radical (unpaired) electrons. The van der Waals surface area contributed by atoms with E-state index in [2.05, 4.69) is 0 Å². The number of amides is 1. The van der Waals surface area contributed by atoms with Crippen molar-refractivity contribution in [3.8, 4) is 0 Å². The van der Waals surface area contributed by atoms with Crippen molar-refractivity contribution in [3.05, 3.63) is 34.3 Å². The van der Waals surface area contributed by atoms with Gasteiger partial charge in [-0.15, -0.1) is 0 Å². The monoisotopic (exact) mass is 339 g/mol. The number of carbonyl (C=O) groups excluding carboxylic acids is 1. The van der Waals surface area contributed by atoms with Crippen LogP contribution in [0.2, 0.25) is 5.02 Å². The highest BCUT2D eigenvalue weighted by Crippen LogP contribution is 2.33. The van der Waals surface area contributed by atoms with Gasteiger partial charge in [-0.05, 0) is 63.8 Å². The van der Waals surface area contributed by atoms with Crippen molar-refractivity contribution in [2.45, 2.75) is 52.2 Å². The number of aliphatic hydroxyl groups excluding tert-OH is 1. The molecule has 1 aliphatic rings. The fourth-order valence-corrected chi connectivity index (χ4v) is 3.12. The summed E-state index contributed by atoms with van der Waals surface area (Å²) in [5, 5.41) is 11.4. The molecule has 1 heterocycles. The molecule has 1 fully saturated rings. The summed E-state index contributed by atoms with van der Waals surface area (Å²) in [5.41, 5.74) is 1.34.